The number of Topliss-reactive ketones (excluding diaryl/α,β-unsaturated/α-hetero) is 1. The third-order valence-corrected chi connectivity index (χ3v) is 7.02. The van der Waals surface area contributed by atoms with Crippen molar-refractivity contribution < 1.29 is 33.7 Å². The Hall–Kier alpha value is -4.18. The Bertz CT molecular complexity index is 1410. The summed E-state index contributed by atoms with van der Waals surface area (Å²) in [7, 11) is 4.29. The summed E-state index contributed by atoms with van der Waals surface area (Å²) < 4.78 is 15.5. The smallest absolute Gasteiger partial charge is 0.350 e. The van der Waals surface area contributed by atoms with Crippen LogP contribution in [0.4, 0.5) is 5.13 Å². The number of hydrogen-bond acceptors (Lipinski definition) is 9. The molecule has 0 unspecified atom stereocenters. The first-order valence-corrected chi connectivity index (χ1v) is 11.7. The van der Waals surface area contributed by atoms with Crippen LogP contribution < -0.4 is 14.4 Å². The van der Waals surface area contributed by atoms with Gasteiger partial charge in [-0.1, -0.05) is 23.5 Å². The molecule has 0 spiro atoms. The van der Waals surface area contributed by atoms with E-state index in [9.17, 15) is 19.5 Å². The molecule has 0 saturated carbocycles. The standard InChI is InChI=1S/C26H24N2O7S/c1-13-11-16(9-10-18(13)34-4)21(29)19-20(15-7-6-8-17(12-15)33-3)28(24(31)22(19)30)26-27-14(2)23(36-26)25(32)35-5/h6-12,20,29H,1-5H3/b21-19+/t20-/m0/s1. The molecule has 0 bridgehead atoms. The Labute approximate surface area is 211 Å². The summed E-state index contributed by atoms with van der Waals surface area (Å²) in [5.41, 5.74) is 1.87. The van der Waals surface area contributed by atoms with Crippen molar-refractivity contribution in [2.75, 3.05) is 26.2 Å². The topological polar surface area (TPSA) is 115 Å². The molecule has 2 heterocycles. The lowest BCUT2D eigenvalue weighted by Crippen LogP contribution is -2.29. The second-order valence-electron chi connectivity index (χ2n) is 8.03. The van der Waals surface area contributed by atoms with Gasteiger partial charge >= 0.3 is 11.9 Å². The number of methoxy groups -OCH3 is 3. The summed E-state index contributed by atoms with van der Waals surface area (Å²) in [6.07, 6.45) is 0. The second kappa shape index (κ2) is 9.82. The van der Waals surface area contributed by atoms with Crippen molar-refractivity contribution in [3.63, 3.8) is 0 Å². The van der Waals surface area contributed by atoms with Crippen molar-refractivity contribution in [3.05, 3.63) is 75.3 Å². The van der Waals surface area contributed by atoms with E-state index in [4.69, 9.17) is 14.2 Å². The number of rotatable bonds is 6. The molecule has 1 atom stereocenters. The van der Waals surface area contributed by atoms with Crippen LogP contribution in [0.25, 0.3) is 5.76 Å². The molecule has 36 heavy (non-hydrogen) atoms. The summed E-state index contributed by atoms with van der Waals surface area (Å²) in [4.78, 5) is 44.7. The maximum absolute atomic E-state index is 13.4. The minimum Gasteiger partial charge on any atom is -0.507 e. The van der Waals surface area contributed by atoms with Gasteiger partial charge in [-0.15, -0.1) is 0 Å². The SMILES string of the molecule is COC(=O)c1sc(N2C(=O)C(=O)/C(=C(/O)c3ccc(OC)c(C)c3)[C@@H]2c2cccc(OC)c2)nc1C. The summed E-state index contributed by atoms with van der Waals surface area (Å²) in [5.74, 6) is -1.56. The van der Waals surface area contributed by atoms with Crippen molar-refractivity contribution in [2.24, 2.45) is 0 Å². The van der Waals surface area contributed by atoms with Gasteiger partial charge in [0.1, 0.15) is 22.1 Å². The summed E-state index contributed by atoms with van der Waals surface area (Å²) in [5, 5.41) is 11.5. The van der Waals surface area contributed by atoms with E-state index >= 15 is 0 Å². The van der Waals surface area contributed by atoms with E-state index in [0.29, 0.717) is 28.3 Å². The van der Waals surface area contributed by atoms with E-state index in [2.05, 4.69) is 4.98 Å². The molecule has 3 aromatic rings. The Balaban J connectivity index is 1.95. The zero-order chi connectivity index (χ0) is 26.1. The molecule has 2 aromatic carbocycles. The molecular weight excluding hydrogens is 484 g/mol. The fraction of sp³-hybridized carbons (Fsp3) is 0.231. The highest BCUT2D eigenvalue weighted by atomic mass is 32.1. The second-order valence-corrected chi connectivity index (χ2v) is 9.01. The third kappa shape index (κ3) is 4.20. The van der Waals surface area contributed by atoms with E-state index in [-0.39, 0.29) is 21.3 Å². The van der Waals surface area contributed by atoms with Gasteiger partial charge in [0.25, 0.3) is 5.78 Å². The summed E-state index contributed by atoms with van der Waals surface area (Å²) in [6.45, 7) is 3.42. The van der Waals surface area contributed by atoms with Crippen LogP contribution in [-0.2, 0) is 14.3 Å². The Morgan fingerprint density at radius 2 is 1.81 bits per heavy atom. The number of aliphatic hydroxyl groups is 1. The molecular formula is C26H24N2O7S. The normalized spacial score (nSPS) is 16.8. The van der Waals surface area contributed by atoms with E-state index in [1.165, 1.54) is 26.2 Å². The number of hydrogen-bond donors (Lipinski definition) is 1. The number of aryl methyl sites for hydroxylation is 2. The van der Waals surface area contributed by atoms with Crippen LogP contribution in [0.5, 0.6) is 11.5 Å². The highest BCUT2D eigenvalue weighted by Crippen LogP contribution is 2.44. The van der Waals surface area contributed by atoms with Crippen LogP contribution in [0, 0.1) is 13.8 Å². The summed E-state index contributed by atoms with van der Waals surface area (Å²) >= 11 is 0.936. The maximum Gasteiger partial charge on any atom is 0.350 e. The lowest BCUT2D eigenvalue weighted by Gasteiger charge is -2.23. The zero-order valence-electron chi connectivity index (χ0n) is 20.3. The molecule has 1 aromatic heterocycles. The van der Waals surface area contributed by atoms with Gasteiger partial charge in [0, 0.05) is 5.56 Å². The average molecular weight is 509 g/mol. The van der Waals surface area contributed by atoms with Crippen LogP contribution in [-0.4, -0.2) is 49.1 Å². The van der Waals surface area contributed by atoms with Crippen LogP contribution in [0.1, 0.15) is 38.1 Å². The first-order valence-electron chi connectivity index (χ1n) is 10.9. The third-order valence-electron chi connectivity index (χ3n) is 5.88. The number of esters is 1. The van der Waals surface area contributed by atoms with Gasteiger partial charge in [-0.3, -0.25) is 14.5 Å². The average Bonchev–Trinajstić information content (AvgIpc) is 3.39. The largest absolute Gasteiger partial charge is 0.507 e. The van der Waals surface area contributed by atoms with Gasteiger partial charge in [0.05, 0.1) is 38.6 Å². The first kappa shape index (κ1) is 24.9. The predicted molar refractivity (Wildman–Crippen MR) is 134 cm³/mol. The Kier molecular flexibility index (Phi) is 6.80. The van der Waals surface area contributed by atoms with Crippen molar-refractivity contribution >= 4 is 39.9 Å². The van der Waals surface area contributed by atoms with Gasteiger partial charge in [-0.2, -0.15) is 0 Å². The molecule has 1 saturated heterocycles. The molecule has 1 N–H and O–H groups in total. The van der Waals surface area contributed by atoms with E-state index in [1.807, 2.05) is 0 Å². The molecule has 9 nitrogen and oxygen atoms in total. The number of aliphatic hydroxyl groups excluding tert-OH is 1. The Morgan fingerprint density at radius 1 is 1.06 bits per heavy atom. The highest BCUT2D eigenvalue weighted by Gasteiger charge is 2.48. The van der Waals surface area contributed by atoms with Crippen LogP contribution >= 0.6 is 11.3 Å². The number of amides is 1. The minimum atomic E-state index is -1.02. The molecule has 4 rings (SSSR count). The molecule has 186 valence electrons. The lowest BCUT2D eigenvalue weighted by atomic mass is 9.94. The van der Waals surface area contributed by atoms with Gasteiger partial charge in [-0.05, 0) is 55.3 Å². The number of benzene rings is 2. The van der Waals surface area contributed by atoms with Crippen molar-refractivity contribution in [2.45, 2.75) is 19.9 Å². The molecule has 0 aliphatic carbocycles. The molecule has 1 fully saturated rings. The Morgan fingerprint density at radius 3 is 2.44 bits per heavy atom. The highest BCUT2D eigenvalue weighted by molar-refractivity contribution is 7.17. The number of ketones is 1. The fourth-order valence-electron chi connectivity index (χ4n) is 4.11. The maximum atomic E-state index is 13.4. The van der Waals surface area contributed by atoms with Gasteiger partial charge in [0.2, 0.25) is 0 Å². The quantitative estimate of drug-likeness (QED) is 0.228. The number of aromatic nitrogens is 1. The van der Waals surface area contributed by atoms with Crippen LogP contribution in [0.2, 0.25) is 0 Å². The van der Waals surface area contributed by atoms with Gasteiger partial charge in [0.15, 0.2) is 5.13 Å². The van der Waals surface area contributed by atoms with Gasteiger partial charge in [-0.25, -0.2) is 9.78 Å². The number of thiazole rings is 1. The minimum absolute atomic E-state index is 0.106. The molecule has 1 amide bonds. The van der Waals surface area contributed by atoms with E-state index in [0.717, 1.165) is 16.9 Å². The predicted octanol–water partition coefficient (Wildman–Crippen LogP) is 4.19. The van der Waals surface area contributed by atoms with Crippen molar-refractivity contribution in [1.82, 2.24) is 4.98 Å². The monoisotopic (exact) mass is 508 g/mol. The number of nitrogens with zero attached hydrogens (tertiary/aromatic N) is 2. The number of carbonyl (C=O) groups is 3. The first-order chi connectivity index (χ1) is 17.2. The lowest BCUT2D eigenvalue weighted by molar-refractivity contribution is -0.132. The van der Waals surface area contributed by atoms with Crippen molar-refractivity contribution in [1.29, 1.82) is 0 Å². The van der Waals surface area contributed by atoms with E-state index in [1.54, 1.807) is 56.3 Å². The fourth-order valence-corrected chi connectivity index (χ4v) is 5.12. The summed E-state index contributed by atoms with van der Waals surface area (Å²) in [6, 6.07) is 10.8. The molecule has 10 heteroatoms. The van der Waals surface area contributed by atoms with E-state index < -0.39 is 23.7 Å². The number of carbonyl (C=O) groups excluding carboxylic acids is 3. The van der Waals surface area contributed by atoms with Crippen molar-refractivity contribution in [3.8, 4) is 11.5 Å². The zero-order valence-corrected chi connectivity index (χ0v) is 21.1. The van der Waals surface area contributed by atoms with Crippen LogP contribution in [0.3, 0.4) is 0 Å². The molecule has 1 aliphatic rings. The number of anilines is 1. The number of ether oxygens (including phenoxy) is 3. The van der Waals surface area contributed by atoms with Crippen LogP contribution in [0.15, 0.2) is 48.0 Å². The van der Waals surface area contributed by atoms with Gasteiger partial charge < -0.3 is 19.3 Å². The molecule has 1 aliphatic heterocycles. The molecule has 0 radical (unpaired) electrons.